The summed E-state index contributed by atoms with van der Waals surface area (Å²) in [6.07, 6.45) is 10.7. The molecule has 0 saturated heterocycles. The average molecular weight is 488 g/mol. The standard InChI is InChI=1S/C28H29F4NS/c1-3-5-6-7-18-8-10-21(11-9-18)22-13-12-20(19(4-2)16-22)14-15-23-24(29)26(31)28(33-17-34)27(32)25(23)30/h12-13,16,18,21H,3-11H2,1-2H3. The predicted molar refractivity (Wildman–Crippen MR) is 132 cm³/mol. The maximum Gasteiger partial charge on any atom is 0.189 e. The van der Waals surface area contributed by atoms with Crippen LogP contribution < -0.4 is 0 Å². The van der Waals surface area contributed by atoms with Crippen LogP contribution in [0.3, 0.4) is 0 Å². The molecule has 1 aliphatic carbocycles. The molecule has 0 radical (unpaired) electrons. The van der Waals surface area contributed by atoms with Gasteiger partial charge in [-0.15, -0.1) is 0 Å². The number of aryl methyl sites for hydroxylation is 1. The third-order valence-electron chi connectivity index (χ3n) is 6.76. The zero-order valence-electron chi connectivity index (χ0n) is 19.6. The lowest BCUT2D eigenvalue weighted by Crippen LogP contribution is -2.13. The number of rotatable bonds is 7. The molecule has 0 aromatic heterocycles. The topological polar surface area (TPSA) is 12.4 Å². The highest BCUT2D eigenvalue weighted by Gasteiger charge is 2.25. The smallest absolute Gasteiger partial charge is 0.189 e. The number of unbranched alkanes of at least 4 members (excludes halogenated alkanes) is 2. The Labute approximate surface area is 204 Å². The predicted octanol–water partition coefficient (Wildman–Crippen LogP) is 8.79. The summed E-state index contributed by atoms with van der Waals surface area (Å²) < 4.78 is 56.9. The third kappa shape index (κ3) is 5.95. The summed E-state index contributed by atoms with van der Waals surface area (Å²) in [6.45, 7) is 4.21. The first kappa shape index (κ1) is 26.1. The van der Waals surface area contributed by atoms with Crippen LogP contribution >= 0.6 is 12.2 Å². The highest BCUT2D eigenvalue weighted by molar-refractivity contribution is 7.78. The summed E-state index contributed by atoms with van der Waals surface area (Å²) in [7, 11) is 0. The molecule has 0 atom stereocenters. The fourth-order valence-electron chi connectivity index (χ4n) is 4.75. The van der Waals surface area contributed by atoms with Crippen molar-refractivity contribution >= 4 is 23.1 Å². The van der Waals surface area contributed by atoms with Gasteiger partial charge in [-0.25, -0.2) is 17.6 Å². The fraction of sp³-hybridized carbons (Fsp3) is 0.464. The Kier molecular flexibility index (Phi) is 9.45. The molecule has 3 rings (SSSR count). The number of thiocarbonyl (C=S) groups is 1. The van der Waals surface area contributed by atoms with Crippen molar-refractivity contribution in [3.8, 4) is 11.8 Å². The van der Waals surface area contributed by atoms with Gasteiger partial charge in [-0.3, -0.25) is 0 Å². The zero-order valence-corrected chi connectivity index (χ0v) is 20.4. The molecule has 0 unspecified atom stereocenters. The molecule has 0 bridgehead atoms. The van der Waals surface area contributed by atoms with Gasteiger partial charge in [0.1, 0.15) is 5.56 Å². The number of hydrogen-bond donors (Lipinski definition) is 0. The summed E-state index contributed by atoms with van der Waals surface area (Å²) in [5.41, 5.74) is 0.671. The van der Waals surface area contributed by atoms with Crippen molar-refractivity contribution in [1.82, 2.24) is 0 Å². The number of hydrogen-bond acceptors (Lipinski definition) is 2. The second-order valence-electron chi connectivity index (χ2n) is 8.92. The Morgan fingerprint density at radius 3 is 2.18 bits per heavy atom. The Bertz CT molecular complexity index is 1100. The van der Waals surface area contributed by atoms with Crippen LogP contribution in [-0.2, 0) is 6.42 Å². The minimum atomic E-state index is -1.64. The summed E-state index contributed by atoms with van der Waals surface area (Å²) in [5, 5.41) is 1.72. The first-order chi connectivity index (χ1) is 16.4. The van der Waals surface area contributed by atoms with Gasteiger partial charge in [0, 0.05) is 5.56 Å². The van der Waals surface area contributed by atoms with Gasteiger partial charge in [0.25, 0.3) is 0 Å². The molecule has 6 heteroatoms. The molecule has 34 heavy (non-hydrogen) atoms. The maximum atomic E-state index is 14.3. The van der Waals surface area contributed by atoms with E-state index < -0.39 is 34.5 Å². The molecule has 0 amide bonds. The number of halogens is 4. The van der Waals surface area contributed by atoms with Crippen molar-refractivity contribution in [2.24, 2.45) is 10.9 Å². The van der Waals surface area contributed by atoms with E-state index in [1.54, 1.807) is 5.16 Å². The second-order valence-corrected chi connectivity index (χ2v) is 9.10. The lowest BCUT2D eigenvalue weighted by Gasteiger charge is -2.29. The third-order valence-corrected chi connectivity index (χ3v) is 6.86. The van der Waals surface area contributed by atoms with Gasteiger partial charge in [0.15, 0.2) is 29.0 Å². The van der Waals surface area contributed by atoms with E-state index in [1.807, 2.05) is 19.1 Å². The van der Waals surface area contributed by atoms with Crippen LogP contribution in [0, 0.1) is 41.0 Å². The summed E-state index contributed by atoms with van der Waals surface area (Å²) in [4.78, 5) is 3.08. The molecular weight excluding hydrogens is 458 g/mol. The lowest BCUT2D eigenvalue weighted by molar-refractivity contribution is 0.302. The molecule has 0 spiro atoms. The van der Waals surface area contributed by atoms with Crippen LogP contribution in [-0.4, -0.2) is 5.16 Å². The van der Waals surface area contributed by atoms with E-state index in [1.165, 1.54) is 44.1 Å². The number of aliphatic imine (C=N–C) groups is 1. The van der Waals surface area contributed by atoms with Crippen LogP contribution in [0.2, 0.25) is 0 Å². The van der Waals surface area contributed by atoms with Gasteiger partial charge in [-0.1, -0.05) is 63.5 Å². The molecule has 1 nitrogen and oxygen atoms in total. The summed E-state index contributed by atoms with van der Waals surface area (Å²) in [5.74, 6) is -0.162. The Hall–Kier alpha value is -2.48. The normalized spacial score (nSPS) is 17.6. The Morgan fingerprint density at radius 1 is 0.912 bits per heavy atom. The first-order valence-electron chi connectivity index (χ1n) is 12.0. The maximum absolute atomic E-state index is 14.3. The van der Waals surface area contributed by atoms with Crippen molar-refractivity contribution in [2.75, 3.05) is 0 Å². The first-order valence-corrected chi connectivity index (χ1v) is 12.4. The van der Waals surface area contributed by atoms with Crippen LogP contribution in [0.4, 0.5) is 23.2 Å². The fourth-order valence-corrected chi connectivity index (χ4v) is 4.84. The highest BCUT2D eigenvalue weighted by atomic mass is 32.1. The van der Waals surface area contributed by atoms with E-state index in [9.17, 15) is 17.6 Å². The van der Waals surface area contributed by atoms with E-state index in [-0.39, 0.29) is 0 Å². The average Bonchev–Trinajstić information content (AvgIpc) is 2.86. The molecule has 0 N–H and O–H groups in total. The van der Waals surface area contributed by atoms with Crippen molar-refractivity contribution in [1.29, 1.82) is 0 Å². The number of benzene rings is 2. The SMILES string of the molecule is CCCCCC1CCC(c2ccc(C#Cc3c(F)c(F)c(N=C=S)c(F)c3F)c(CC)c2)CC1. The van der Waals surface area contributed by atoms with E-state index in [4.69, 9.17) is 0 Å². The molecule has 180 valence electrons. The number of isothiocyanates is 1. The quantitative estimate of drug-likeness (QED) is 0.0949. The van der Waals surface area contributed by atoms with E-state index in [0.717, 1.165) is 24.3 Å². The molecule has 2 aromatic rings. The van der Waals surface area contributed by atoms with Crippen molar-refractivity contribution in [3.63, 3.8) is 0 Å². The Morgan fingerprint density at radius 2 is 1.59 bits per heavy atom. The van der Waals surface area contributed by atoms with Gasteiger partial charge >= 0.3 is 0 Å². The summed E-state index contributed by atoms with van der Waals surface area (Å²) >= 11 is 4.28. The minimum absolute atomic E-state index is 0.502. The van der Waals surface area contributed by atoms with Gasteiger partial charge in [0.2, 0.25) is 0 Å². The molecule has 0 aliphatic heterocycles. The highest BCUT2D eigenvalue weighted by Crippen LogP contribution is 2.38. The summed E-state index contributed by atoms with van der Waals surface area (Å²) in [6, 6.07) is 5.95. The van der Waals surface area contributed by atoms with Crippen molar-refractivity contribution < 1.29 is 17.6 Å². The molecule has 1 fully saturated rings. The van der Waals surface area contributed by atoms with Crippen molar-refractivity contribution in [2.45, 2.75) is 77.6 Å². The van der Waals surface area contributed by atoms with Crippen LogP contribution in [0.25, 0.3) is 0 Å². The minimum Gasteiger partial charge on any atom is -0.202 e. The molecule has 1 saturated carbocycles. The molecule has 2 aromatic carbocycles. The number of nitrogens with zero attached hydrogens (tertiary/aromatic N) is 1. The van der Waals surface area contributed by atoms with Gasteiger partial charge in [0.05, 0.1) is 5.16 Å². The van der Waals surface area contributed by atoms with Crippen molar-refractivity contribution in [3.05, 3.63) is 63.7 Å². The van der Waals surface area contributed by atoms with Crippen LogP contribution in [0.1, 0.15) is 93.4 Å². The van der Waals surface area contributed by atoms with Crippen LogP contribution in [0.5, 0.6) is 0 Å². The van der Waals surface area contributed by atoms with Crippen LogP contribution in [0.15, 0.2) is 23.2 Å². The largest absolute Gasteiger partial charge is 0.202 e. The lowest BCUT2D eigenvalue weighted by atomic mass is 9.76. The van der Waals surface area contributed by atoms with Gasteiger partial charge in [-0.05, 0) is 73.4 Å². The molecule has 0 heterocycles. The molecule has 1 aliphatic rings. The van der Waals surface area contributed by atoms with Gasteiger partial charge in [-0.2, -0.15) is 4.99 Å². The van der Waals surface area contributed by atoms with E-state index >= 15 is 0 Å². The van der Waals surface area contributed by atoms with E-state index in [2.05, 4.69) is 42.0 Å². The van der Waals surface area contributed by atoms with E-state index in [0.29, 0.717) is 17.9 Å². The zero-order chi connectivity index (χ0) is 24.7. The molecular formula is C28H29F4NS. The monoisotopic (exact) mass is 487 g/mol. The second kappa shape index (κ2) is 12.3. The Balaban J connectivity index is 1.81. The van der Waals surface area contributed by atoms with Gasteiger partial charge < -0.3 is 0 Å².